The fraction of sp³-hybridized carbons (Fsp3) is 0.375. The fourth-order valence-corrected chi connectivity index (χ4v) is 2.17. The van der Waals surface area contributed by atoms with E-state index in [0.717, 1.165) is 18.4 Å². The second kappa shape index (κ2) is 7.27. The van der Waals surface area contributed by atoms with E-state index in [0.29, 0.717) is 10.9 Å². The van der Waals surface area contributed by atoms with Crippen LogP contribution in [0.3, 0.4) is 0 Å². The Balaban J connectivity index is 1.72. The Hall–Kier alpha value is -1.81. The molecule has 2 rings (SSSR count). The van der Waals surface area contributed by atoms with Crippen molar-refractivity contribution < 1.29 is 14.3 Å². The maximum Gasteiger partial charge on any atom is 0.331 e. The van der Waals surface area contributed by atoms with Gasteiger partial charge in [0, 0.05) is 17.1 Å². The van der Waals surface area contributed by atoms with Crippen molar-refractivity contribution in [1.29, 1.82) is 0 Å². The second-order valence-electron chi connectivity index (χ2n) is 5.19. The highest BCUT2D eigenvalue weighted by molar-refractivity contribution is 6.30. The molecule has 1 aliphatic rings. The van der Waals surface area contributed by atoms with Crippen LogP contribution >= 0.6 is 11.6 Å². The third-order valence-electron chi connectivity index (χ3n) is 3.32. The minimum atomic E-state index is -0.552. The standard InChI is InChI=1S/C16H18ClNO3/c1-11(13-6-7-13)18-15(19)10-21-16(20)8-5-12-3-2-4-14(17)9-12/h2-5,8-9,11,13H,6-7,10H2,1H3,(H,18,19)/b8-5+/t11-/m0/s1. The summed E-state index contributed by atoms with van der Waals surface area (Å²) in [5.74, 6) is -0.240. The van der Waals surface area contributed by atoms with E-state index >= 15 is 0 Å². The minimum Gasteiger partial charge on any atom is -0.452 e. The highest BCUT2D eigenvalue weighted by Crippen LogP contribution is 2.32. The summed E-state index contributed by atoms with van der Waals surface area (Å²) in [6.45, 7) is 1.71. The number of hydrogen-bond donors (Lipinski definition) is 1. The van der Waals surface area contributed by atoms with Crippen LogP contribution in [0.4, 0.5) is 0 Å². The van der Waals surface area contributed by atoms with E-state index in [9.17, 15) is 9.59 Å². The Kier molecular flexibility index (Phi) is 5.39. The summed E-state index contributed by atoms with van der Waals surface area (Å²) in [5, 5.41) is 3.42. The van der Waals surface area contributed by atoms with Gasteiger partial charge < -0.3 is 10.1 Å². The summed E-state index contributed by atoms with van der Waals surface area (Å²) in [4.78, 5) is 23.1. The molecule has 5 heteroatoms. The molecule has 0 heterocycles. The smallest absolute Gasteiger partial charge is 0.331 e. The monoisotopic (exact) mass is 307 g/mol. The lowest BCUT2D eigenvalue weighted by Gasteiger charge is -2.12. The zero-order valence-corrected chi connectivity index (χ0v) is 12.6. The van der Waals surface area contributed by atoms with E-state index in [1.54, 1.807) is 24.3 Å². The average molecular weight is 308 g/mol. The van der Waals surface area contributed by atoms with Gasteiger partial charge >= 0.3 is 5.97 Å². The van der Waals surface area contributed by atoms with Gasteiger partial charge in [-0.2, -0.15) is 0 Å². The molecule has 0 bridgehead atoms. The van der Waals surface area contributed by atoms with Gasteiger partial charge in [-0.05, 0) is 49.5 Å². The van der Waals surface area contributed by atoms with Crippen LogP contribution in [0.25, 0.3) is 6.08 Å². The van der Waals surface area contributed by atoms with Gasteiger partial charge in [-0.3, -0.25) is 4.79 Å². The number of halogens is 1. The topological polar surface area (TPSA) is 55.4 Å². The van der Waals surface area contributed by atoms with Crippen molar-refractivity contribution in [3.8, 4) is 0 Å². The van der Waals surface area contributed by atoms with Gasteiger partial charge in [0.1, 0.15) is 0 Å². The largest absolute Gasteiger partial charge is 0.452 e. The molecule has 1 aromatic carbocycles. The molecular weight excluding hydrogens is 290 g/mol. The molecule has 1 aliphatic carbocycles. The number of carbonyl (C=O) groups is 2. The molecule has 1 saturated carbocycles. The Morgan fingerprint density at radius 3 is 2.90 bits per heavy atom. The number of carbonyl (C=O) groups excluding carboxylic acids is 2. The van der Waals surface area contributed by atoms with Crippen LogP contribution in [0.1, 0.15) is 25.3 Å². The van der Waals surface area contributed by atoms with Crippen LogP contribution in [0.2, 0.25) is 5.02 Å². The quantitative estimate of drug-likeness (QED) is 0.649. The van der Waals surface area contributed by atoms with Gasteiger partial charge in [0.05, 0.1) is 0 Å². The van der Waals surface area contributed by atoms with Gasteiger partial charge in [0.15, 0.2) is 6.61 Å². The highest BCUT2D eigenvalue weighted by Gasteiger charge is 2.28. The molecule has 1 atom stereocenters. The first-order valence-electron chi connectivity index (χ1n) is 6.94. The van der Waals surface area contributed by atoms with E-state index in [4.69, 9.17) is 16.3 Å². The minimum absolute atomic E-state index is 0.151. The van der Waals surface area contributed by atoms with Crippen LogP contribution in [0.15, 0.2) is 30.3 Å². The molecule has 1 amide bonds. The van der Waals surface area contributed by atoms with Gasteiger partial charge in [-0.15, -0.1) is 0 Å². The van der Waals surface area contributed by atoms with Gasteiger partial charge in [0.2, 0.25) is 0 Å². The van der Waals surface area contributed by atoms with Crippen LogP contribution in [-0.2, 0) is 14.3 Å². The van der Waals surface area contributed by atoms with E-state index in [-0.39, 0.29) is 18.6 Å². The molecule has 1 N–H and O–H groups in total. The summed E-state index contributed by atoms with van der Waals surface area (Å²) < 4.78 is 4.89. The van der Waals surface area contributed by atoms with Gasteiger partial charge in [-0.1, -0.05) is 23.7 Å². The number of esters is 1. The highest BCUT2D eigenvalue weighted by atomic mass is 35.5. The normalized spacial score (nSPS) is 15.7. The van der Waals surface area contributed by atoms with E-state index in [1.807, 2.05) is 13.0 Å². The van der Waals surface area contributed by atoms with Crippen molar-refractivity contribution in [2.75, 3.05) is 6.61 Å². The first kappa shape index (κ1) is 15.6. The molecule has 112 valence electrons. The third kappa shape index (κ3) is 5.60. The molecule has 0 aromatic heterocycles. The number of ether oxygens (including phenoxy) is 1. The first-order valence-corrected chi connectivity index (χ1v) is 7.32. The van der Waals surface area contributed by atoms with Gasteiger partial charge in [0.25, 0.3) is 5.91 Å². The number of rotatable bonds is 6. The average Bonchev–Trinajstić information content (AvgIpc) is 3.27. The number of benzene rings is 1. The molecule has 21 heavy (non-hydrogen) atoms. The Bertz CT molecular complexity index is 552. The SMILES string of the molecule is C[C@H](NC(=O)COC(=O)/C=C/c1cccc(Cl)c1)C1CC1. The second-order valence-corrected chi connectivity index (χ2v) is 5.63. The van der Waals surface area contributed by atoms with E-state index in [1.165, 1.54) is 6.08 Å². The molecule has 1 fully saturated rings. The Morgan fingerprint density at radius 2 is 2.24 bits per heavy atom. The summed E-state index contributed by atoms with van der Waals surface area (Å²) >= 11 is 5.84. The van der Waals surface area contributed by atoms with Gasteiger partial charge in [-0.25, -0.2) is 4.79 Å². The van der Waals surface area contributed by atoms with Crippen LogP contribution in [0.5, 0.6) is 0 Å². The number of amides is 1. The van der Waals surface area contributed by atoms with Crippen LogP contribution in [0, 0.1) is 5.92 Å². The molecule has 4 nitrogen and oxygen atoms in total. The van der Waals surface area contributed by atoms with Crippen molar-refractivity contribution in [2.24, 2.45) is 5.92 Å². The van der Waals surface area contributed by atoms with Crippen LogP contribution in [-0.4, -0.2) is 24.5 Å². The van der Waals surface area contributed by atoms with Crippen molar-refractivity contribution in [3.63, 3.8) is 0 Å². The predicted octanol–water partition coefficient (Wildman–Crippen LogP) is 2.81. The lowest BCUT2D eigenvalue weighted by Crippen LogP contribution is -2.36. The fourth-order valence-electron chi connectivity index (χ4n) is 1.97. The Labute approximate surface area is 129 Å². The van der Waals surface area contributed by atoms with Crippen molar-refractivity contribution in [1.82, 2.24) is 5.32 Å². The maximum absolute atomic E-state index is 11.6. The molecule has 0 unspecified atom stereocenters. The summed E-state index contributed by atoms with van der Waals surface area (Å²) in [5.41, 5.74) is 0.797. The lowest BCUT2D eigenvalue weighted by atomic mass is 10.2. The van der Waals surface area contributed by atoms with Crippen LogP contribution < -0.4 is 5.32 Å². The van der Waals surface area contributed by atoms with E-state index in [2.05, 4.69) is 5.32 Å². The predicted molar refractivity (Wildman–Crippen MR) is 81.8 cm³/mol. The molecule has 0 spiro atoms. The summed E-state index contributed by atoms with van der Waals surface area (Å²) in [6.07, 6.45) is 5.19. The summed E-state index contributed by atoms with van der Waals surface area (Å²) in [7, 11) is 0. The summed E-state index contributed by atoms with van der Waals surface area (Å²) in [6, 6.07) is 7.25. The zero-order chi connectivity index (χ0) is 15.2. The molecule has 0 radical (unpaired) electrons. The molecule has 0 saturated heterocycles. The zero-order valence-electron chi connectivity index (χ0n) is 11.8. The third-order valence-corrected chi connectivity index (χ3v) is 3.56. The molecule has 1 aromatic rings. The lowest BCUT2D eigenvalue weighted by molar-refractivity contribution is -0.144. The maximum atomic E-state index is 11.6. The molecule has 0 aliphatic heterocycles. The number of hydrogen-bond acceptors (Lipinski definition) is 3. The van der Waals surface area contributed by atoms with Crippen molar-refractivity contribution in [3.05, 3.63) is 40.9 Å². The van der Waals surface area contributed by atoms with Crippen molar-refractivity contribution >= 4 is 29.6 Å². The number of nitrogens with one attached hydrogen (secondary N) is 1. The molecular formula is C16H18ClNO3. The Morgan fingerprint density at radius 1 is 1.48 bits per heavy atom. The van der Waals surface area contributed by atoms with Crippen molar-refractivity contribution in [2.45, 2.75) is 25.8 Å². The first-order chi connectivity index (χ1) is 10.0. The van der Waals surface area contributed by atoms with E-state index < -0.39 is 5.97 Å².